The molecule has 0 bridgehead atoms. The van der Waals surface area contributed by atoms with E-state index in [2.05, 4.69) is 15.0 Å². The van der Waals surface area contributed by atoms with Crippen molar-refractivity contribution in [1.82, 2.24) is 9.97 Å². The average molecular weight is 325 g/mol. The van der Waals surface area contributed by atoms with E-state index < -0.39 is 5.97 Å². The summed E-state index contributed by atoms with van der Waals surface area (Å²) in [4.78, 5) is 32.1. The smallest absolute Gasteiger partial charge is 0.323 e. The Balaban J connectivity index is 1.86. The third-order valence-corrected chi connectivity index (χ3v) is 3.30. The Hall–Kier alpha value is -3.35. The van der Waals surface area contributed by atoms with E-state index in [1.54, 1.807) is 42.6 Å². The van der Waals surface area contributed by atoms with Crippen LogP contribution in [0.3, 0.4) is 0 Å². The van der Waals surface area contributed by atoms with Crippen molar-refractivity contribution >= 4 is 28.9 Å². The lowest BCUT2D eigenvalue weighted by molar-refractivity contribution is -0.132. The van der Waals surface area contributed by atoms with Crippen LogP contribution in [0.5, 0.6) is 11.5 Å². The van der Waals surface area contributed by atoms with Crippen molar-refractivity contribution in [2.24, 2.45) is 4.99 Å². The summed E-state index contributed by atoms with van der Waals surface area (Å²) in [6.07, 6.45) is 1.66. The van der Waals surface area contributed by atoms with E-state index in [4.69, 9.17) is 9.47 Å². The monoisotopic (exact) mass is 325 g/mol. The quantitative estimate of drug-likeness (QED) is 0.437. The van der Waals surface area contributed by atoms with Gasteiger partial charge in [0.2, 0.25) is 0 Å². The molecule has 122 valence electrons. The minimum Gasteiger partial charge on any atom is -0.493 e. The summed E-state index contributed by atoms with van der Waals surface area (Å²) in [6.45, 7) is 1.33. The Morgan fingerprint density at radius 1 is 1.08 bits per heavy atom. The van der Waals surface area contributed by atoms with E-state index in [0.29, 0.717) is 22.7 Å². The predicted octanol–water partition coefficient (Wildman–Crippen LogP) is 2.54. The van der Waals surface area contributed by atoms with E-state index in [-0.39, 0.29) is 5.69 Å². The number of aromatic amines is 2. The maximum atomic E-state index is 11.3. The molecule has 24 heavy (non-hydrogen) atoms. The van der Waals surface area contributed by atoms with Gasteiger partial charge < -0.3 is 19.4 Å². The Morgan fingerprint density at radius 3 is 2.62 bits per heavy atom. The molecule has 7 nitrogen and oxygen atoms in total. The first-order valence-corrected chi connectivity index (χ1v) is 7.18. The summed E-state index contributed by atoms with van der Waals surface area (Å²) < 4.78 is 10.3. The predicted molar refractivity (Wildman–Crippen MR) is 90.5 cm³/mol. The summed E-state index contributed by atoms with van der Waals surface area (Å²) in [5, 5.41) is 0. The second-order valence-corrected chi connectivity index (χ2v) is 5.07. The van der Waals surface area contributed by atoms with Gasteiger partial charge in [0.25, 0.3) is 0 Å². The molecule has 1 aromatic heterocycles. The second-order valence-electron chi connectivity index (χ2n) is 5.07. The number of carbonyl (C=O) groups excluding carboxylic acids is 1. The number of benzene rings is 2. The lowest BCUT2D eigenvalue weighted by Gasteiger charge is -2.08. The van der Waals surface area contributed by atoms with Crippen LogP contribution < -0.4 is 15.2 Å². The number of ether oxygens (including phenoxy) is 2. The number of nitrogens with zero attached hydrogens (tertiary/aromatic N) is 1. The van der Waals surface area contributed by atoms with Crippen LogP contribution in [0.1, 0.15) is 12.5 Å². The summed E-state index contributed by atoms with van der Waals surface area (Å²) in [5.74, 6) is 0.386. The van der Waals surface area contributed by atoms with Crippen LogP contribution in [0, 0.1) is 0 Å². The zero-order valence-corrected chi connectivity index (χ0v) is 13.1. The number of H-pyrrole nitrogens is 2. The number of hydrogen-bond donors (Lipinski definition) is 2. The number of methoxy groups -OCH3 is 1. The maximum absolute atomic E-state index is 11.3. The van der Waals surface area contributed by atoms with Gasteiger partial charge in [-0.15, -0.1) is 0 Å². The fourth-order valence-electron chi connectivity index (χ4n) is 2.25. The van der Waals surface area contributed by atoms with Crippen LogP contribution in [-0.4, -0.2) is 29.3 Å². The molecular formula is C17H15N3O4. The van der Waals surface area contributed by atoms with Crippen molar-refractivity contribution in [1.29, 1.82) is 0 Å². The molecule has 0 atom stereocenters. The fourth-order valence-corrected chi connectivity index (χ4v) is 2.25. The highest BCUT2D eigenvalue weighted by Crippen LogP contribution is 2.28. The van der Waals surface area contributed by atoms with Gasteiger partial charge in [-0.2, -0.15) is 0 Å². The molecule has 0 saturated heterocycles. The van der Waals surface area contributed by atoms with Gasteiger partial charge >= 0.3 is 11.7 Å². The molecule has 0 unspecified atom stereocenters. The van der Waals surface area contributed by atoms with E-state index in [1.165, 1.54) is 14.0 Å². The molecule has 1 heterocycles. The molecule has 0 radical (unpaired) electrons. The number of nitrogens with one attached hydrogen (secondary N) is 2. The molecule has 3 rings (SSSR count). The summed E-state index contributed by atoms with van der Waals surface area (Å²) in [6, 6.07) is 10.5. The van der Waals surface area contributed by atoms with Crippen molar-refractivity contribution in [3.05, 3.63) is 52.4 Å². The van der Waals surface area contributed by atoms with Gasteiger partial charge in [0.15, 0.2) is 11.5 Å². The molecular weight excluding hydrogens is 310 g/mol. The molecule has 2 aromatic carbocycles. The minimum atomic E-state index is -0.413. The number of hydrogen-bond acceptors (Lipinski definition) is 5. The molecule has 0 fully saturated rings. The van der Waals surface area contributed by atoms with Crippen molar-refractivity contribution in [2.45, 2.75) is 6.92 Å². The van der Waals surface area contributed by atoms with Crippen LogP contribution in [0.15, 0.2) is 46.2 Å². The number of rotatable bonds is 4. The van der Waals surface area contributed by atoms with Crippen molar-refractivity contribution in [3.63, 3.8) is 0 Å². The Labute approximate surface area is 137 Å². The molecule has 2 N–H and O–H groups in total. The maximum Gasteiger partial charge on any atom is 0.323 e. The van der Waals surface area contributed by atoms with Crippen molar-refractivity contribution in [3.8, 4) is 11.5 Å². The second kappa shape index (κ2) is 6.41. The summed E-state index contributed by atoms with van der Waals surface area (Å²) in [7, 11) is 1.50. The largest absolute Gasteiger partial charge is 0.493 e. The topological polar surface area (TPSA) is 96.5 Å². The van der Waals surface area contributed by atoms with Crippen LogP contribution in [-0.2, 0) is 4.79 Å². The van der Waals surface area contributed by atoms with Crippen LogP contribution >= 0.6 is 0 Å². The van der Waals surface area contributed by atoms with E-state index in [0.717, 1.165) is 11.1 Å². The number of aromatic nitrogens is 2. The van der Waals surface area contributed by atoms with Gasteiger partial charge in [-0.3, -0.25) is 9.79 Å². The van der Waals surface area contributed by atoms with E-state index in [9.17, 15) is 9.59 Å². The Kier molecular flexibility index (Phi) is 4.15. The SMILES string of the molecule is COc1cc(/C=N/c2ccc3[nH]c(=O)[nH]c3c2)ccc1OC(C)=O. The first kappa shape index (κ1) is 15.5. The van der Waals surface area contributed by atoms with Crippen molar-refractivity contribution in [2.75, 3.05) is 7.11 Å². The molecule has 0 amide bonds. The third kappa shape index (κ3) is 3.35. The van der Waals surface area contributed by atoms with Crippen LogP contribution in [0.25, 0.3) is 11.0 Å². The van der Waals surface area contributed by atoms with Gasteiger partial charge in [-0.1, -0.05) is 0 Å². The van der Waals surface area contributed by atoms with Gasteiger partial charge in [0.05, 0.1) is 23.8 Å². The number of fused-ring (bicyclic) bond motifs is 1. The number of esters is 1. The molecule has 0 spiro atoms. The molecule has 0 aliphatic rings. The average Bonchev–Trinajstić information content (AvgIpc) is 2.92. The first-order chi connectivity index (χ1) is 11.5. The molecule has 0 aliphatic heterocycles. The highest BCUT2D eigenvalue weighted by molar-refractivity contribution is 5.85. The normalized spacial score (nSPS) is 11.1. The lowest BCUT2D eigenvalue weighted by atomic mass is 10.2. The van der Waals surface area contributed by atoms with Crippen LogP contribution in [0.4, 0.5) is 5.69 Å². The number of imidazole rings is 1. The standard InChI is InChI=1S/C17H15N3O4/c1-10(21)24-15-6-3-11(7-16(15)23-2)9-18-12-4-5-13-14(8-12)20-17(22)19-13/h3-9H,1-2H3,(H2,19,20,22)/b18-9+. The lowest BCUT2D eigenvalue weighted by Crippen LogP contribution is -2.03. The first-order valence-electron chi connectivity index (χ1n) is 7.18. The summed E-state index contributed by atoms with van der Waals surface area (Å²) in [5.41, 5.74) is 2.65. The third-order valence-electron chi connectivity index (χ3n) is 3.30. The van der Waals surface area contributed by atoms with Gasteiger partial charge in [-0.05, 0) is 42.0 Å². The molecule has 0 saturated carbocycles. The molecule has 3 aromatic rings. The van der Waals surface area contributed by atoms with E-state index in [1.807, 2.05) is 0 Å². The number of aliphatic imine (C=N–C) groups is 1. The molecule has 0 aliphatic carbocycles. The highest BCUT2D eigenvalue weighted by Gasteiger charge is 2.07. The van der Waals surface area contributed by atoms with Gasteiger partial charge in [0.1, 0.15) is 0 Å². The Bertz CT molecular complexity index is 985. The fraction of sp³-hybridized carbons (Fsp3) is 0.118. The summed E-state index contributed by atoms with van der Waals surface area (Å²) >= 11 is 0. The molecule has 7 heteroatoms. The Morgan fingerprint density at radius 2 is 1.88 bits per heavy atom. The highest BCUT2D eigenvalue weighted by atomic mass is 16.6. The van der Waals surface area contributed by atoms with E-state index >= 15 is 0 Å². The zero-order chi connectivity index (χ0) is 17.1. The number of carbonyl (C=O) groups is 1. The zero-order valence-electron chi connectivity index (χ0n) is 13.1. The van der Waals surface area contributed by atoms with Gasteiger partial charge in [-0.25, -0.2) is 4.79 Å². The van der Waals surface area contributed by atoms with Crippen LogP contribution in [0.2, 0.25) is 0 Å². The van der Waals surface area contributed by atoms with Crippen molar-refractivity contribution < 1.29 is 14.3 Å². The minimum absolute atomic E-state index is 0.253. The van der Waals surface area contributed by atoms with Gasteiger partial charge in [0, 0.05) is 13.1 Å².